The number of benzene rings is 1. The summed E-state index contributed by atoms with van der Waals surface area (Å²) in [4.78, 5) is 11.0. The van der Waals surface area contributed by atoms with Crippen LogP contribution in [0.1, 0.15) is 20.8 Å². The number of amides is 1. The Hall–Kier alpha value is -1.51. The largest absolute Gasteiger partial charge is 0.478 e. The molecule has 14 heavy (non-hydrogen) atoms. The van der Waals surface area contributed by atoms with Crippen molar-refractivity contribution in [3.05, 3.63) is 29.8 Å². The van der Waals surface area contributed by atoms with Gasteiger partial charge in [-0.2, -0.15) is 0 Å². The zero-order valence-electron chi connectivity index (χ0n) is 8.70. The summed E-state index contributed by atoms with van der Waals surface area (Å²) in [6.07, 6.45) is 0. The second kappa shape index (κ2) is 3.70. The van der Waals surface area contributed by atoms with Crippen LogP contribution >= 0.6 is 0 Å². The molecule has 1 amide bonds. The van der Waals surface area contributed by atoms with Crippen LogP contribution in [-0.2, 0) is 4.79 Å². The van der Waals surface area contributed by atoms with E-state index >= 15 is 0 Å². The monoisotopic (exact) mass is 195 g/mol. The first-order valence-electron chi connectivity index (χ1n) is 4.47. The SMILES string of the molecule is Cc1ccc(OC(C)(C)C(N)=O)cc1.[HH]. The van der Waals surface area contributed by atoms with Crippen LogP contribution in [-0.4, -0.2) is 11.5 Å². The molecule has 2 N–H and O–H groups in total. The molecule has 0 radical (unpaired) electrons. The number of aryl methyl sites for hydroxylation is 1. The Bertz CT molecular complexity index is 333. The van der Waals surface area contributed by atoms with E-state index in [-0.39, 0.29) is 1.43 Å². The van der Waals surface area contributed by atoms with Crippen LogP contribution in [0.4, 0.5) is 0 Å². The van der Waals surface area contributed by atoms with Crippen molar-refractivity contribution in [1.29, 1.82) is 0 Å². The van der Waals surface area contributed by atoms with Crippen LogP contribution < -0.4 is 10.5 Å². The maximum atomic E-state index is 11.0. The molecule has 0 atom stereocenters. The highest BCUT2D eigenvalue weighted by atomic mass is 16.5. The quantitative estimate of drug-likeness (QED) is 0.800. The van der Waals surface area contributed by atoms with Gasteiger partial charge in [0, 0.05) is 1.43 Å². The molecular weight excluding hydrogens is 178 g/mol. The molecule has 1 aromatic carbocycles. The maximum Gasteiger partial charge on any atom is 0.261 e. The highest BCUT2D eigenvalue weighted by molar-refractivity contribution is 5.82. The molecule has 78 valence electrons. The zero-order valence-corrected chi connectivity index (χ0v) is 8.70. The molecule has 0 fully saturated rings. The van der Waals surface area contributed by atoms with E-state index in [1.165, 1.54) is 0 Å². The number of nitrogens with two attached hydrogens (primary N) is 1. The van der Waals surface area contributed by atoms with Gasteiger partial charge in [0.2, 0.25) is 0 Å². The van der Waals surface area contributed by atoms with Crippen molar-refractivity contribution in [2.75, 3.05) is 0 Å². The summed E-state index contributed by atoms with van der Waals surface area (Å²) in [5.74, 6) is 0.178. The maximum absolute atomic E-state index is 11.0. The number of ether oxygens (including phenoxy) is 1. The summed E-state index contributed by atoms with van der Waals surface area (Å²) in [6.45, 7) is 5.29. The lowest BCUT2D eigenvalue weighted by Gasteiger charge is -2.22. The van der Waals surface area contributed by atoms with E-state index in [0.29, 0.717) is 5.75 Å². The second-order valence-corrected chi connectivity index (χ2v) is 3.79. The summed E-state index contributed by atoms with van der Waals surface area (Å²) < 4.78 is 5.44. The topological polar surface area (TPSA) is 52.3 Å². The van der Waals surface area contributed by atoms with Gasteiger partial charge >= 0.3 is 0 Å². The van der Waals surface area contributed by atoms with Gasteiger partial charge in [0.15, 0.2) is 5.60 Å². The molecule has 0 aliphatic carbocycles. The Balaban J connectivity index is 0.00000196. The molecule has 1 rings (SSSR count). The van der Waals surface area contributed by atoms with Crippen molar-refractivity contribution in [3.63, 3.8) is 0 Å². The van der Waals surface area contributed by atoms with Crippen LogP contribution in [0.5, 0.6) is 5.75 Å². The van der Waals surface area contributed by atoms with E-state index in [1.807, 2.05) is 31.2 Å². The first-order valence-corrected chi connectivity index (χ1v) is 4.47. The molecule has 0 spiro atoms. The highest BCUT2D eigenvalue weighted by Gasteiger charge is 2.26. The Morgan fingerprint density at radius 2 is 1.86 bits per heavy atom. The molecule has 1 aromatic rings. The second-order valence-electron chi connectivity index (χ2n) is 3.79. The summed E-state index contributed by atoms with van der Waals surface area (Å²) in [6, 6.07) is 7.48. The molecular formula is C11H17NO2. The Labute approximate surface area is 85.4 Å². The molecule has 3 nitrogen and oxygen atoms in total. The van der Waals surface area contributed by atoms with Crippen molar-refractivity contribution >= 4 is 5.91 Å². The van der Waals surface area contributed by atoms with Crippen molar-refractivity contribution in [1.82, 2.24) is 0 Å². The third kappa shape index (κ3) is 2.49. The van der Waals surface area contributed by atoms with E-state index in [2.05, 4.69) is 0 Å². The summed E-state index contributed by atoms with van der Waals surface area (Å²) in [5.41, 5.74) is 5.37. The molecule has 0 aliphatic heterocycles. The Morgan fingerprint density at radius 3 is 2.29 bits per heavy atom. The third-order valence-corrected chi connectivity index (χ3v) is 1.99. The molecule has 0 bridgehead atoms. The molecule has 0 unspecified atom stereocenters. The van der Waals surface area contributed by atoms with E-state index in [9.17, 15) is 4.79 Å². The van der Waals surface area contributed by atoms with Crippen LogP contribution in [0.2, 0.25) is 0 Å². The smallest absolute Gasteiger partial charge is 0.261 e. The summed E-state index contributed by atoms with van der Waals surface area (Å²) in [5, 5.41) is 0. The van der Waals surface area contributed by atoms with Crippen LogP contribution in [0.15, 0.2) is 24.3 Å². The Kier molecular flexibility index (Phi) is 2.79. The fourth-order valence-electron chi connectivity index (χ4n) is 0.951. The van der Waals surface area contributed by atoms with Gasteiger partial charge in [-0.05, 0) is 32.9 Å². The lowest BCUT2D eigenvalue weighted by atomic mass is 10.1. The van der Waals surface area contributed by atoms with Crippen LogP contribution in [0.3, 0.4) is 0 Å². The molecule has 0 saturated carbocycles. The van der Waals surface area contributed by atoms with Crippen LogP contribution in [0.25, 0.3) is 0 Å². The van der Waals surface area contributed by atoms with Gasteiger partial charge in [0.1, 0.15) is 5.75 Å². The minimum atomic E-state index is -0.963. The van der Waals surface area contributed by atoms with Gasteiger partial charge in [-0.25, -0.2) is 0 Å². The number of primary amides is 1. The van der Waals surface area contributed by atoms with E-state index in [0.717, 1.165) is 5.56 Å². The average molecular weight is 195 g/mol. The third-order valence-electron chi connectivity index (χ3n) is 1.99. The van der Waals surface area contributed by atoms with Crippen molar-refractivity contribution < 1.29 is 11.0 Å². The normalized spacial score (nSPS) is 11.1. The summed E-state index contributed by atoms with van der Waals surface area (Å²) >= 11 is 0. The van der Waals surface area contributed by atoms with E-state index < -0.39 is 11.5 Å². The van der Waals surface area contributed by atoms with Crippen LogP contribution in [0, 0.1) is 6.92 Å². The van der Waals surface area contributed by atoms with E-state index in [1.54, 1.807) is 13.8 Å². The van der Waals surface area contributed by atoms with Gasteiger partial charge in [0.05, 0.1) is 0 Å². The molecule has 0 heterocycles. The number of hydrogen-bond acceptors (Lipinski definition) is 2. The van der Waals surface area contributed by atoms with Gasteiger partial charge in [-0.3, -0.25) is 4.79 Å². The first-order chi connectivity index (χ1) is 6.42. The van der Waals surface area contributed by atoms with Gasteiger partial charge in [0.25, 0.3) is 5.91 Å². The molecule has 0 aromatic heterocycles. The standard InChI is InChI=1S/C11H15NO2.H2/c1-8-4-6-9(7-5-8)14-11(2,3)10(12)13;/h4-7H,1-3H3,(H2,12,13);1H. The fourth-order valence-corrected chi connectivity index (χ4v) is 0.951. The predicted octanol–water partition coefficient (Wildman–Crippen LogP) is 1.88. The Morgan fingerprint density at radius 1 is 1.36 bits per heavy atom. The van der Waals surface area contributed by atoms with Crippen molar-refractivity contribution in [2.24, 2.45) is 5.73 Å². The highest BCUT2D eigenvalue weighted by Crippen LogP contribution is 2.18. The fraction of sp³-hybridized carbons (Fsp3) is 0.364. The number of carbonyl (C=O) groups excluding carboxylic acids is 1. The molecule has 3 heteroatoms. The lowest BCUT2D eigenvalue weighted by molar-refractivity contribution is -0.130. The van der Waals surface area contributed by atoms with Crippen molar-refractivity contribution in [3.8, 4) is 5.75 Å². The average Bonchev–Trinajstić information content (AvgIpc) is 2.08. The van der Waals surface area contributed by atoms with Gasteiger partial charge in [-0.15, -0.1) is 0 Å². The van der Waals surface area contributed by atoms with Crippen molar-refractivity contribution in [2.45, 2.75) is 26.4 Å². The number of rotatable bonds is 3. The number of carbonyl (C=O) groups is 1. The number of hydrogen-bond donors (Lipinski definition) is 1. The first kappa shape index (κ1) is 10.6. The molecule has 0 saturated heterocycles. The minimum Gasteiger partial charge on any atom is -0.478 e. The lowest BCUT2D eigenvalue weighted by Crippen LogP contribution is -2.43. The minimum absolute atomic E-state index is 0. The predicted molar refractivity (Wildman–Crippen MR) is 57.2 cm³/mol. The zero-order chi connectivity index (χ0) is 10.8. The molecule has 0 aliphatic rings. The van der Waals surface area contributed by atoms with E-state index in [4.69, 9.17) is 10.5 Å². The van der Waals surface area contributed by atoms with Gasteiger partial charge < -0.3 is 10.5 Å². The van der Waals surface area contributed by atoms with Gasteiger partial charge in [-0.1, -0.05) is 17.7 Å². The summed E-state index contributed by atoms with van der Waals surface area (Å²) in [7, 11) is 0.